The van der Waals surface area contributed by atoms with Gasteiger partial charge >= 0.3 is 0 Å². The number of aliphatic hydroxyl groups is 1. The normalized spacial score (nSPS) is 16.7. The lowest BCUT2D eigenvalue weighted by molar-refractivity contribution is -0.132. The van der Waals surface area contributed by atoms with Gasteiger partial charge in [0.15, 0.2) is 0 Å². The number of nitrogens with one attached hydrogen (secondary N) is 1. The maximum absolute atomic E-state index is 13.4. The van der Waals surface area contributed by atoms with Crippen LogP contribution in [-0.2, 0) is 14.4 Å². The molecule has 0 radical (unpaired) electrons. The van der Waals surface area contributed by atoms with Gasteiger partial charge in [0.1, 0.15) is 23.3 Å². The third-order valence-corrected chi connectivity index (χ3v) is 5.88. The second-order valence-corrected chi connectivity index (χ2v) is 8.25. The molecule has 2 amide bonds. The van der Waals surface area contributed by atoms with Gasteiger partial charge in [-0.25, -0.2) is 0 Å². The maximum atomic E-state index is 13.4. The van der Waals surface area contributed by atoms with Crippen molar-refractivity contribution in [1.82, 2.24) is 4.98 Å². The van der Waals surface area contributed by atoms with E-state index in [0.29, 0.717) is 17.1 Å². The van der Waals surface area contributed by atoms with Crippen LogP contribution >= 0.6 is 11.6 Å². The van der Waals surface area contributed by atoms with Crippen LogP contribution < -0.4 is 19.7 Å². The quantitative estimate of drug-likeness (QED) is 0.289. The van der Waals surface area contributed by atoms with Gasteiger partial charge in [-0.2, -0.15) is 0 Å². The molecule has 1 aliphatic heterocycles. The van der Waals surface area contributed by atoms with E-state index in [-0.39, 0.29) is 33.6 Å². The van der Waals surface area contributed by atoms with Crippen molar-refractivity contribution in [3.05, 3.63) is 82.6 Å². The van der Waals surface area contributed by atoms with E-state index in [9.17, 15) is 19.5 Å². The number of amides is 2. The van der Waals surface area contributed by atoms with Gasteiger partial charge in [0.05, 0.1) is 36.1 Å². The molecule has 2 heterocycles. The predicted molar refractivity (Wildman–Crippen MR) is 134 cm³/mol. The van der Waals surface area contributed by atoms with Crippen molar-refractivity contribution in [2.24, 2.45) is 0 Å². The molecule has 3 aromatic rings. The Morgan fingerprint density at radius 1 is 1.06 bits per heavy atom. The lowest BCUT2D eigenvalue weighted by Crippen LogP contribution is -2.30. The van der Waals surface area contributed by atoms with Crippen LogP contribution in [0.3, 0.4) is 0 Å². The van der Waals surface area contributed by atoms with Gasteiger partial charge in [-0.05, 0) is 36.4 Å². The number of nitrogens with zero attached hydrogens (tertiary/aromatic N) is 2. The van der Waals surface area contributed by atoms with Gasteiger partial charge in [0.2, 0.25) is 5.91 Å². The van der Waals surface area contributed by atoms with Crippen molar-refractivity contribution < 1.29 is 29.0 Å². The Labute approximate surface area is 211 Å². The highest BCUT2D eigenvalue weighted by Crippen LogP contribution is 2.44. The highest BCUT2D eigenvalue weighted by molar-refractivity contribution is 6.51. The zero-order chi connectivity index (χ0) is 26.0. The molecule has 2 N–H and O–H groups in total. The largest absolute Gasteiger partial charge is 0.507 e. The zero-order valence-corrected chi connectivity index (χ0v) is 20.4. The first kappa shape index (κ1) is 24.7. The highest BCUT2D eigenvalue weighted by Gasteiger charge is 2.48. The number of benzene rings is 2. The lowest BCUT2D eigenvalue weighted by Gasteiger charge is -2.25. The van der Waals surface area contributed by atoms with Crippen LogP contribution in [0.2, 0.25) is 5.02 Å². The first-order chi connectivity index (χ1) is 17.3. The average molecular weight is 508 g/mol. The van der Waals surface area contributed by atoms with Crippen molar-refractivity contribution >= 4 is 46.3 Å². The Hall–Kier alpha value is -4.37. The van der Waals surface area contributed by atoms with E-state index in [1.54, 1.807) is 42.5 Å². The molecule has 36 heavy (non-hydrogen) atoms. The fourth-order valence-corrected chi connectivity index (χ4v) is 4.27. The number of methoxy groups -OCH3 is 2. The Balaban J connectivity index is 1.96. The molecule has 0 bridgehead atoms. The number of aromatic nitrogens is 1. The minimum Gasteiger partial charge on any atom is -0.507 e. The number of anilines is 2. The van der Waals surface area contributed by atoms with Gasteiger partial charge in [0, 0.05) is 30.6 Å². The van der Waals surface area contributed by atoms with Gasteiger partial charge in [-0.15, -0.1) is 0 Å². The summed E-state index contributed by atoms with van der Waals surface area (Å²) in [7, 11) is 2.80. The zero-order valence-electron chi connectivity index (χ0n) is 19.6. The summed E-state index contributed by atoms with van der Waals surface area (Å²) in [6, 6.07) is 13.3. The number of ether oxygens (including phenoxy) is 2. The van der Waals surface area contributed by atoms with Crippen molar-refractivity contribution in [1.29, 1.82) is 0 Å². The van der Waals surface area contributed by atoms with Crippen molar-refractivity contribution in [2.75, 3.05) is 24.4 Å². The Morgan fingerprint density at radius 3 is 2.44 bits per heavy atom. The summed E-state index contributed by atoms with van der Waals surface area (Å²) in [5.74, 6) is -2.13. The summed E-state index contributed by atoms with van der Waals surface area (Å²) in [5.41, 5.74) is 1.04. The number of aliphatic hydroxyl groups excluding tert-OH is 1. The van der Waals surface area contributed by atoms with Crippen LogP contribution in [0.4, 0.5) is 11.4 Å². The fourth-order valence-electron chi connectivity index (χ4n) is 4.04. The molecule has 2 aromatic carbocycles. The van der Waals surface area contributed by atoms with Gasteiger partial charge in [-0.3, -0.25) is 24.3 Å². The fraction of sp³-hybridized carbons (Fsp3) is 0.154. The second-order valence-electron chi connectivity index (χ2n) is 7.84. The van der Waals surface area contributed by atoms with Crippen LogP contribution in [0.15, 0.2) is 66.4 Å². The molecule has 0 aliphatic carbocycles. The summed E-state index contributed by atoms with van der Waals surface area (Å²) < 4.78 is 10.6. The van der Waals surface area contributed by atoms with E-state index in [1.165, 1.54) is 44.4 Å². The molecule has 1 saturated heterocycles. The van der Waals surface area contributed by atoms with Crippen molar-refractivity contribution in [3.8, 4) is 11.5 Å². The summed E-state index contributed by atoms with van der Waals surface area (Å²) >= 11 is 6.20. The first-order valence-corrected chi connectivity index (χ1v) is 11.2. The molecular formula is C26H22ClN3O6. The van der Waals surface area contributed by atoms with Gasteiger partial charge in [0.25, 0.3) is 11.7 Å². The van der Waals surface area contributed by atoms with Crippen LogP contribution in [-0.4, -0.2) is 41.9 Å². The summed E-state index contributed by atoms with van der Waals surface area (Å²) in [5, 5.41) is 14.3. The van der Waals surface area contributed by atoms with Crippen LogP contribution in [0.1, 0.15) is 24.2 Å². The van der Waals surface area contributed by atoms with E-state index in [0.717, 1.165) is 0 Å². The number of rotatable bonds is 6. The first-order valence-electron chi connectivity index (χ1n) is 10.8. The number of halogens is 1. The molecule has 1 aliphatic rings. The van der Waals surface area contributed by atoms with Crippen LogP contribution in [0.5, 0.6) is 11.5 Å². The molecule has 1 aromatic heterocycles. The molecular weight excluding hydrogens is 486 g/mol. The van der Waals surface area contributed by atoms with E-state index in [2.05, 4.69) is 10.3 Å². The summed E-state index contributed by atoms with van der Waals surface area (Å²) in [4.78, 5) is 43.9. The minimum atomic E-state index is -1.06. The Bertz CT molecular complexity index is 1390. The Morgan fingerprint density at radius 2 is 1.81 bits per heavy atom. The molecule has 0 saturated carbocycles. The van der Waals surface area contributed by atoms with E-state index in [1.807, 2.05) is 0 Å². The number of Topliss-reactive ketones (excluding diaryl/α,β-unsaturated/α-hetero) is 1. The van der Waals surface area contributed by atoms with Crippen LogP contribution in [0, 0.1) is 0 Å². The van der Waals surface area contributed by atoms with E-state index >= 15 is 0 Å². The second kappa shape index (κ2) is 10.1. The van der Waals surface area contributed by atoms with Crippen molar-refractivity contribution in [2.45, 2.75) is 13.0 Å². The number of hydrogen-bond donors (Lipinski definition) is 2. The third-order valence-electron chi connectivity index (χ3n) is 5.59. The number of carbonyl (C=O) groups is 3. The number of ketones is 1. The monoisotopic (exact) mass is 507 g/mol. The highest BCUT2D eigenvalue weighted by atomic mass is 35.5. The van der Waals surface area contributed by atoms with Crippen LogP contribution in [0.25, 0.3) is 5.76 Å². The molecule has 0 spiro atoms. The smallest absolute Gasteiger partial charge is 0.300 e. The molecule has 1 fully saturated rings. The van der Waals surface area contributed by atoms with Gasteiger partial charge in [-0.1, -0.05) is 23.7 Å². The standard InChI is InChI=1S/C26H22ClN3O6/c1-14(31)29-15-7-6-8-16(11-15)30-23(19-9-4-5-10-28-19)22(25(33)26(30)34)24(32)17-12-21(36-3)18(27)13-20(17)35-2/h4-13,23,32H,1-3H3,(H,29,31)/b24-22+. The summed E-state index contributed by atoms with van der Waals surface area (Å²) in [6.45, 7) is 1.36. The van der Waals surface area contributed by atoms with E-state index in [4.69, 9.17) is 21.1 Å². The van der Waals surface area contributed by atoms with Gasteiger partial charge < -0.3 is 19.9 Å². The number of pyridine rings is 1. The minimum absolute atomic E-state index is 0.115. The molecule has 4 rings (SSSR count). The average Bonchev–Trinajstić information content (AvgIpc) is 3.14. The SMILES string of the molecule is COc1cc(/C(O)=C2\C(=O)C(=O)N(c3cccc(NC(C)=O)c3)C2c2ccccn2)c(OC)cc1Cl. The number of carbonyl (C=O) groups excluding carboxylic acids is 3. The van der Waals surface area contributed by atoms with E-state index < -0.39 is 23.5 Å². The maximum Gasteiger partial charge on any atom is 0.300 e. The third kappa shape index (κ3) is 4.48. The molecule has 1 unspecified atom stereocenters. The molecule has 184 valence electrons. The topological polar surface area (TPSA) is 118 Å². The predicted octanol–water partition coefficient (Wildman–Crippen LogP) is 4.34. The Kier molecular flexibility index (Phi) is 6.93. The summed E-state index contributed by atoms with van der Waals surface area (Å²) in [6.07, 6.45) is 1.52. The molecule has 9 nitrogen and oxygen atoms in total. The molecule has 10 heteroatoms. The number of hydrogen-bond acceptors (Lipinski definition) is 7. The van der Waals surface area contributed by atoms with Crippen molar-refractivity contribution in [3.63, 3.8) is 0 Å². The molecule has 1 atom stereocenters. The lowest BCUT2D eigenvalue weighted by atomic mass is 9.97.